The molecule has 1 aromatic carbocycles. The van der Waals surface area contributed by atoms with Crippen molar-refractivity contribution in [2.45, 2.75) is 18.2 Å². The molecule has 2 heterocycles. The van der Waals surface area contributed by atoms with Gasteiger partial charge < -0.3 is 9.47 Å². The molecule has 3 rings (SSSR count). The minimum Gasteiger partial charge on any atom is -0.454 e. The van der Waals surface area contributed by atoms with E-state index in [1.807, 2.05) is 6.92 Å². The lowest BCUT2D eigenvalue weighted by atomic mass is 10.3. The third kappa shape index (κ3) is 4.62. The van der Waals surface area contributed by atoms with Crippen LogP contribution >= 0.6 is 23.1 Å². The largest absolute Gasteiger partial charge is 0.454 e. The Morgan fingerprint density at radius 3 is 2.81 bits per heavy atom. The van der Waals surface area contributed by atoms with Crippen LogP contribution in [-0.2, 0) is 14.8 Å². The molecule has 12 heteroatoms. The maximum absolute atomic E-state index is 12.5. The summed E-state index contributed by atoms with van der Waals surface area (Å²) in [5, 5.41) is 10.8. The highest BCUT2D eigenvalue weighted by molar-refractivity contribution is 8.01. The summed E-state index contributed by atoms with van der Waals surface area (Å²) in [5.41, 5.74) is 0.329. The number of fused-ring (bicyclic) bond motifs is 1. The zero-order chi connectivity index (χ0) is 19.4. The quantitative estimate of drug-likeness (QED) is 0.501. The SMILES string of the molecule is CCSc1nnc(NC(=O)CN(c2ccc3c(c2)OCO3)S(=O)(=O)CC)s1. The molecular formula is C15H18N4O5S3. The molecular weight excluding hydrogens is 412 g/mol. The summed E-state index contributed by atoms with van der Waals surface area (Å²) in [6, 6.07) is 4.74. The zero-order valence-corrected chi connectivity index (χ0v) is 17.1. The molecule has 146 valence electrons. The predicted molar refractivity (Wildman–Crippen MR) is 104 cm³/mol. The van der Waals surface area contributed by atoms with Crippen LogP contribution in [0, 0.1) is 0 Å². The molecule has 0 spiro atoms. The summed E-state index contributed by atoms with van der Waals surface area (Å²) in [6.07, 6.45) is 0. The molecule has 0 unspecified atom stereocenters. The van der Waals surface area contributed by atoms with Gasteiger partial charge in [-0.15, -0.1) is 10.2 Å². The molecule has 2 aromatic rings. The van der Waals surface area contributed by atoms with Crippen LogP contribution < -0.4 is 19.1 Å². The number of anilines is 2. The van der Waals surface area contributed by atoms with Gasteiger partial charge in [0.1, 0.15) is 6.54 Å². The molecule has 1 aliphatic heterocycles. The van der Waals surface area contributed by atoms with Gasteiger partial charge in [-0.3, -0.25) is 14.4 Å². The average molecular weight is 431 g/mol. The molecule has 1 amide bonds. The van der Waals surface area contributed by atoms with Crippen LogP contribution in [0.1, 0.15) is 13.8 Å². The first-order chi connectivity index (χ1) is 12.9. The number of nitrogens with one attached hydrogen (secondary N) is 1. The fourth-order valence-corrected chi connectivity index (χ4v) is 5.00. The van der Waals surface area contributed by atoms with Crippen LogP contribution in [0.4, 0.5) is 10.8 Å². The fourth-order valence-electron chi connectivity index (χ4n) is 2.28. The number of thioether (sulfide) groups is 1. The van der Waals surface area contributed by atoms with Crippen LogP contribution in [0.2, 0.25) is 0 Å². The summed E-state index contributed by atoms with van der Waals surface area (Å²) in [4.78, 5) is 12.4. The van der Waals surface area contributed by atoms with Gasteiger partial charge in [-0.1, -0.05) is 30.0 Å². The minimum atomic E-state index is -3.68. The Morgan fingerprint density at radius 1 is 1.30 bits per heavy atom. The maximum Gasteiger partial charge on any atom is 0.246 e. The van der Waals surface area contributed by atoms with Crippen LogP contribution in [0.25, 0.3) is 0 Å². The molecule has 0 radical (unpaired) electrons. The van der Waals surface area contributed by atoms with Gasteiger partial charge in [-0.25, -0.2) is 8.42 Å². The predicted octanol–water partition coefficient (Wildman–Crippen LogP) is 2.17. The van der Waals surface area contributed by atoms with E-state index < -0.39 is 15.9 Å². The van der Waals surface area contributed by atoms with Gasteiger partial charge in [0.05, 0.1) is 11.4 Å². The number of sulfonamides is 1. The number of hydrogen-bond donors (Lipinski definition) is 1. The molecule has 0 atom stereocenters. The molecule has 0 bridgehead atoms. The second kappa shape index (κ2) is 8.31. The topological polar surface area (TPSA) is 111 Å². The monoisotopic (exact) mass is 430 g/mol. The van der Waals surface area contributed by atoms with Crippen LogP contribution in [0.3, 0.4) is 0 Å². The Hall–Kier alpha value is -2.05. The number of carbonyl (C=O) groups is 1. The third-order valence-electron chi connectivity index (χ3n) is 3.55. The van der Waals surface area contributed by atoms with Gasteiger partial charge >= 0.3 is 0 Å². The van der Waals surface area contributed by atoms with Crippen molar-refractivity contribution in [2.75, 3.05) is 34.5 Å². The molecule has 9 nitrogen and oxygen atoms in total. The van der Waals surface area contributed by atoms with Crippen molar-refractivity contribution in [3.8, 4) is 11.5 Å². The first-order valence-corrected chi connectivity index (χ1v) is 11.5. The first-order valence-electron chi connectivity index (χ1n) is 8.09. The summed E-state index contributed by atoms with van der Waals surface area (Å²) in [5.74, 6) is 1.16. The summed E-state index contributed by atoms with van der Waals surface area (Å²) in [6.45, 7) is 3.20. The van der Waals surface area contributed by atoms with E-state index in [4.69, 9.17) is 9.47 Å². The fraction of sp³-hybridized carbons (Fsp3) is 0.400. The van der Waals surface area contributed by atoms with Gasteiger partial charge in [0.2, 0.25) is 27.9 Å². The van der Waals surface area contributed by atoms with E-state index in [9.17, 15) is 13.2 Å². The molecule has 27 heavy (non-hydrogen) atoms. The maximum atomic E-state index is 12.5. The number of nitrogens with zero attached hydrogens (tertiary/aromatic N) is 3. The second-order valence-electron chi connectivity index (χ2n) is 5.30. The number of benzene rings is 1. The number of hydrogen-bond acceptors (Lipinski definition) is 9. The van der Waals surface area contributed by atoms with E-state index in [2.05, 4.69) is 15.5 Å². The Kier molecular flexibility index (Phi) is 6.07. The summed E-state index contributed by atoms with van der Waals surface area (Å²) >= 11 is 2.76. The first kappa shape index (κ1) is 19.7. The number of amides is 1. The van der Waals surface area contributed by atoms with Crippen molar-refractivity contribution in [3.05, 3.63) is 18.2 Å². The number of aromatic nitrogens is 2. The highest BCUT2D eigenvalue weighted by atomic mass is 32.2. The van der Waals surface area contributed by atoms with Crippen LogP contribution in [0.5, 0.6) is 11.5 Å². The van der Waals surface area contributed by atoms with Crippen molar-refractivity contribution in [1.29, 1.82) is 0 Å². The third-order valence-corrected chi connectivity index (χ3v) is 7.15. The molecule has 1 aromatic heterocycles. The lowest BCUT2D eigenvalue weighted by Crippen LogP contribution is -2.39. The summed E-state index contributed by atoms with van der Waals surface area (Å²) < 4.78 is 37.4. The number of ether oxygens (including phenoxy) is 2. The summed E-state index contributed by atoms with van der Waals surface area (Å²) in [7, 11) is -3.68. The van der Waals surface area contributed by atoms with E-state index in [0.717, 1.165) is 14.4 Å². The normalized spacial score (nSPS) is 12.8. The van der Waals surface area contributed by atoms with E-state index in [1.165, 1.54) is 30.0 Å². The second-order valence-corrected chi connectivity index (χ2v) is 9.97. The van der Waals surface area contributed by atoms with Gasteiger partial charge in [-0.05, 0) is 24.8 Å². The van der Waals surface area contributed by atoms with Crippen molar-refractivity contribution in [3.63, 3.8) is 0 Å². The van der Waals surface area contributed by atoms with E-state index in [1.54, 1.807) is 18.2 Å². The molecule has 0 fully saturated rings. The minimum absolute atomic E-state index is 0.0783. The Morgan fingerprint density at radius 2 is 2.07 bits per heavy atom. The van der Waals surface area contributed by atoms with Crippen molar-refractivity contribution >= 4 is 49.8 Å². The van der Waals surface area contributed by atoms with E-state index in [0.29, 0.717) is 22.3 Å². The molecule has 0 saturated carbocycles. The van der Waals surface area contributed by atoms with Crippen molar-refractivity contribution < 1.29 is 22.7 Å². The Balaban J connectivity index is 1.78. The van der Waals surface area contributed by atoms with Gasteiger partial charge in [0.15, 0.2) is 15.8 Å². The molecule has 1 aliphatic rings. The van der Waals surface area contributed by atoms with Gasteiger partial charge in [-0.2, -0.15) is 0 Å². The number of rotatable bonds is 8. The van der Waals surface area contributed by atoms with Crippen molar-refractivity contribution in [1.82, 2.24) is 10.2 Å². The van der Waals surface area contributed by atoms with Gasteiger partial charge in [0.25, 0.3) is 0 Å². The van der Waals surface area contributed by atoms with E-state index in [-0.39, 0.29) is 19.1 Å². The standard InChI is InChI=1S/C15H18N4O5S3/c1-3-25-15-18-17-14(26-15)16-13(20)8-19(27(21,22)4-2)10-5-6-11-12(7-10)24-9-23-11/h5-7H,3-4,8-9H2,1-2H3,(H,16,17,20). The number of carbonyl (C=O) groups excluding carboxylic acids is 1. The molecule has 1 N–H and O–H groups in total. The lowest BCUT2D eigenvalue weighted by molar-refractivity contribution is -0.114. The average Bonchev–Trinajstić information content (AvgIpc) is 3.28. The van der Waals surface area contributed by atoms with Gasteiger partial charge in [0, 0.05) is 6.07 Å². The molecule has 0 aliphatic carbocycles. The Bertz CT molecular complexity index is 931. The van der Waals surface area contributed by atoms with Crippen LogP contribution in [-0.4, -0.2) is 49.4 Å². The highest BCUT2D eigenvalue weighted by Crippen LogP contribution is 2.36. The van der Waals surface area contributed by atoms with E-state index >= 15 is 0 Å². The molecule has 0 saturated heterocycles. The smallest absolute Gasteiger partial charge is 0.246 e. The van der Waals surface area contributed by atoms with Crippen molar-refractivity contribution in [2.24, 2.45) is 0 Å². The Labute approximate surface area is 165 Å². The zero-order valence-electron chi connectivity index (χ0n) is 14.7. The highest BCUT2D eigenvalue weighted by Gasteiger charge is 2.26. The van der Waals surface area contributed by atoms with Crippen LogP contribution in [0.15, 0.2) is 22.5 Å². The lowest BCUT2D eigenvalue weighted by Gasteiger charge is -2.23.